The first kappa shape index (κ1) is 9.79. The first-order valence-electron chi connectivity index (χ1n) is 2.95. The van der Waals surface area contributed by atoms with Crippen molar-refractivity contribution in [2.24, 2.45) is 0 Å². The molecule has 0 fully saturated rings. The highest BCUT2D eigenvalue weighted by Crippen LogP contribution is 2.09. The van der Waals surface area contributed by atoms with Gasteiger partial charge in [0, 0.05) is 4.20 Å². The van der Waals surface area contributed by atoms with E-state index in [0.717, 1.165) is 16.4 Å². The van der Waals surface area contributed by atoms with E-state index < -0.39 is 0 Å². The van der Waals surface area contributed by atoms with Crippen LogP contribution < -0.4 is 0 Å². The van der Waals surface area contributed by atoms with Gasteiger partial charge in [-0.1, -0.05) is 19.1 Å². The standard InChI is InChI=1S/C6H12S3/c1-3-9-6(7)4-5-8-2/h3-5H2,1-2H3. The van der Waals surface area contributed by atoms with Gasteiger partial charge in [0.05, 0.1) is 0 Å². The fourth-order valence-corrected chi connectivity index (χ4v) is 2.11. The molecule has 0 atom stereocenters. The lowest BCUT2D eigenvalue weighted by Crippen LogP contribution is -1.90. The Morgan fingerprint density at radius 3 is 2.67 bits per heavy atom. The molecule has 0 bridgehead atoms. The van der Waals surface area contributed by atoms with E-state index in [1.807, 2.05) is 11.8 Å². The Morgan fingerprint density at radius 1 is 1.56 bits per heavy atom. The summed E-state index contributed by atoms with van der Waals surface area (Å²) in [5.74, 6) is 2.29. The summed E-state index contributed by atoms with van der Waals surface area (Å²) >= 11 is 8.71. The van der Waals surface area contributed by atoms with Crippen LogP contribution in [0.3, 0.4) is 0 Å². The molecule has 0 aliphatic rings. The van der Waals surface area contributed by atoms with Gasteiger partial charge in [0.25, 0.3) is 0 Å². The summed E-state index contributed by atoms with van der Waals surface area (Å²) in [7, 11) is 0. The van der Waals surface area contributed by atoms with Crippen molar-refractivity contribution >= 4 is 39.9 Å². The van der Waals surface area contributed by atoms with Crippen LogP contribution in [0.5, 0.6) is 0 Å². The van der Waals surface area contributed by atoms with Gasteiger partial charge in [0.15, 0.2) is 0 Å². The number of hydrogen-bond donors (Lipinski definition) is 0. The number of hydrogen-bond acceptors (Lipinski definition) is 3. The number of thiocarbonyl (C=S) groups is 1. The largest absolute Gasteiger partial charge is 0.165 e. The van der Waals surface area contributed by atoms with E-state index in [-0.39, 0.29) is 0 Å². The molecule has 0 N–H and O–H groups in total. The van der Waals surface area contributed by atoms with Crippen LogP contribution in [0.4, 0.5) is 0 Å². The normalized spacial score (nSPS) is 9.56. The lowest BCUT2D eigenvalue weighted by atomic mass is 10.6. The van der Waals surface area contributed by atoms with Gasteiger partial charge in [-0.25, -0.2) is 0 Å². The molecule has 0 aliphatic carbocycles. The molecule has 0 saturated heterocycles. The highest BCUT2D eigenvalue weighted by atomic mass is 32.2. The first-order chi connectivity index (χ1) is 4.31. The zero-order valence-electron chi connectivity index (χ0n) is 5.85. The van der Waals surface area contributed by atoms with Crippen LogP contribution in [0.2, 0.25) is 0 Å². The van der Waals surface area contributed by atoms with Crippen molar-refractivity contribution < 1.29 is 0 Å². The number of rotatable bonds is 4. The highest BCUT2D eigenvalue weighted by Gasteiger charge is 1.93. The Labute approximate surface area is 71.2 Å². The quantitative estimate of drug-likeness (QED) is 0.611. The minimum atomic E-state index is 1.09. The highest BCUT2D eigenvalue weighted by molar-refractivity contribution is 8.23. The topological polar surface area (TPSA) is 0 Å². The third-order valence-electron chi connectivity index (χ3n) is 0.816. The molecular weight excluding hydrogens is 168 g/mol. The van der Waals surface area contributed by atoms with Gasteiger partial charge in [-0.05, 0) is 24.2 Å². The van der Waals surface area contributed by atoms with E-state index in [1.165, 1.54) is 5.75 Å². The molecule has 0 heterocycles. The monoisotopic (exact) mass is 180 g/mol. The lowest BCUT2D eigenvalue weighted by molar-refractivity contribution is 1.37. The Balaban J connectivity index is 3.06. The fraction of sp³-hybridized carbons (Fsp3) is 0.833. The average Bonchev–Trinajstić information content (AvgIpc) is 1.85. The lowest BCUT2D eigenvalue weighted by Gasteiger charge is -1.97. The Hall–Kier alpha value is 0.790. The van der Waals surface area contributed by atoms with Crippen molar-refractivity contribution in [2.75, 3.05) is 17.8 Å². The van der Waals surface area contributed by atoms with Gasteiger partial charge < -0.3 is 0 Å². The van der Waals surface area contributed by atoms with E-state index in [2.05, 4.69) is 13.2 Å². The third-order valence-corrected chi connectivity index (χ3v) is 2.80. The predicted octanol–water partition coefficient (Wildman–Crippen LogP) is 2.82. The van der Waals surface area contributed by atoms with Gasteiger partial charge in [-0.2, -0.15) is 11.8 Å². The summed E-state index contributed by atoms with van der Waals surface area (Å²) in [5.41, 5.74) is 0. The molecule has 0 unspecified atom stereocenters. The van der Waals surface area contributed by atoms with E-state index in [0.29, 0.717) is 0 Å². The van der Waals surface area contributed by atoms with Crippen molar-refractivity contribution in [2.45, 2.75) is 13.3 Å². The second-order valence-electron chi connectivity index (χ2n) is 1.55. The summed E-state index contributed by atoms with van der Waals surface area (Å²) in [6, 6.07) is 0. The van der Waals surface area contributed by atoms with Crippen LogP contribution in [0, 0.1) is 0 Å². The van der Waals surface area contributed by atoms with Crippen molar-refractivity contribution in [3.8, 4) is 0 Å². The van der Waals surface area contributed by atoms with Gasteiger partial charge in [0.2, 0.25) is 0 Å². The SMILES string of the molecule is CCSC(=S)CCSC. The maximum Gasteiger partial charge on any atom is 0.0486 e. The van der Waals surface area contributed by atoms with Gasteiger partial charge in [-0.15, -0.1) is 11.8 Å². The van der Waals surface area contributed by atoms with Crippen molar-refractivity contribution in [1.29, 1.82) is 0 Å². The fourth-order valence-electron chi connectivity index (χ4n) is 0.419. The molecule has 3 heteroatoms. The van der Waals surface area contributed by atoms with Crippen molar-refractivity contribution in [3.63, 3.8) is 0 Å². The summed E-state index contributed by atoms with van der Waals surface area (Å²) in [5, 5.41) is 0. The molecule has 0 aliphatic heterocycles. The zero-order chi connectivity index (χ0) is 7.11. The summed E-state index contributed by atoms with van der Waals surface area (Å²) < 4.78 is 1.16. The van der Waals surface area contributed by atoms with E-state index in [1.54, 1.807) is 11.8 Å². The van der Waals surface area contributed by atoms with E-state index in [4.69, 9.17) is 12.2 Å². The smallest absolute Gasteiger partial charge is 0.0486 e. The maximum absolute atomic E-state index is 5.07. The molecule has 0 rings (SSSR count). The molecule has 0 aromatic rings. The van der Waals surface area contributed by atoms with Gasteiger partial charge >= 0.3 is 0 Å². The molecule has 0 aromatic carbocycles. The van der Waals surface area contributed by atoms with E-state index >= 15 is 0 Å². The summed E-state index contributed by atoms with van der Waals surface area (Å²) in [6.07, 6.45) is 3.20. The third kappa shape index (κ3) is 6.68. The van der Waals surface area contributed by atoms with Crippen LogP contribution in [-0.4, -0.2) is 22.0 Å². The summed E-state index contributed by atoms with van der Waals surface area (Å²) in [4.78, 5) is 0. The molecule has 0 nitrogen and oxygen atoms in total. The van der Waals surface area contributed by atoms with Crippen LogP contribution in [-0.2, 0) is 0 Å². The second-order valence-corrected chi connectivity index (χ2v) is 4.64. The van der Waals surface area contributed by atoms with Crippen molar-refractivity contribution in [1.82, 2.24) is 0 Å². The Kier molecular flexibility index (Phi) is 7.51. The first-order valence-corrected chi connectivity index (χ1v) is 5.74. The Bertz CT molecular complexity index is 80.4. The number of thioether (sulfide) groups is 2. The predicted molar refractivity (Wildman–Crippen MR) is 53.7 cm³/mol. The van der Waals surface area contributed by atoms with E-state index in [9.17, 15) is 0 Å². The van der Waals surface area contributed by atoms with Crippen LogP contribution in [0.25, 0.3) is 0 Å². The second kappa shape index (κ2) is 6.90. The average molecular weight is 180 g/mol. The molecule has 0 amide bonds. The van der Waals surface area contributed by atoms with Crippen LogP contribution in [0.15, 0.2) is 0 Å². The Morgan fingerprint density at radius 2 is 2.22 bits per heavy atom. The molecule has 0 saturated carbocycles. The molecule has 9 heavy (non-hydrogen) atoms. The summed E-state index contributed by atoms with van der Waals surface area (Å²) in [6.45, 7) is 2.13. The molecule has 0 aromatic heterocycles. The van der Waals surface area contributed by atoms with Crippen molar-refractivity contribution in [3.05, 3.63) is 0 Å². The van der Waals surface area contributed by atoms with Gasteiger partial charge in [0.1, 0.15) is 0 Å². The minimum Gasteiger partial charge on any atom is -0.165 e. The van der Waals surface area contributed by atoms with Crippen LogP contribution >= 0.6 is 35.7 Å². The maximum atomic E-state index is 5.07. The molecule has 0 radical (unpaired) electrons. The molecule has 0 spiro atoms. The minimum absolute atomic E-state index is 1.09. The van der Waals surface area contributed by atoms with Gasteiger partial charge in [-0.3, -0.25) is 0 Å². The molecular formula is C6H12S3. The van der Waals surface area contributed by atoms with Crippen LogP contribution in [0.1, 0.15) is 13.3 Å². The zero-order valence-corrected chi connectivity index (χ0v) is 8.30. The molecule has 54 valence electrons.